The minimum atomic E-state index is -1.49. The Kier molecular flexibility index (Phi) is 6.92. The van der Waals surface area contributed by atoms with Crippen LogP contribution in [0.1, 0.15) is 73.6 Å². The predicted octanol–water partition coefficient (Wildman–Crippen LogP) is 3.53. The van der Waals surface area contributed by atoms with Crippen LogP contribution in [0.15, 0.2) is 0 Å². The van der Waals surface area contributed by atoms with Crippen molar-refractivity contribution in [1.29, 1.82) is 0 Å². The molecule has 0 heterocycles. The molecule has 0 amide bonds. The lowest BCUT2D eigenvalue weighted by molar-refractivity contribution is -0.150. The number of ketones is 2. The van der Waals surface area contributed by atoms with Gasteiger partial charge < -0.3 is 5.11 Å². The molecule has 0 aromatic carbocycles. The first kappa shape index (κ1) is 18.3. The normalized spacial score (nSPS) is 15.4. The minimum absolute atomic E-state index is 0.0647. The summed E-state index contributed by atoms with van der Waals surface area (Å²) in [5, 5.41) is 10.6. The van der Waals surface area contributed by atoms with Crippen molar-refractivity contribution in [3.63, 3.8) is 0 Å². The molecule has 0 spiro atoms. The highest BCUT2D eigenvalue weighted by Crippen LogP contribution is 2.30. The lowest BCUT2D eigenvalue weighted by Gasteiger charge is -2.32. The first-order valence-corrected chi connectivity index (χ1v) is 7.26. The number of hydrogen-bond acceptors (Lipinski definition) is 3. The molecule has 1 N–H and O–H groups in total. The van der Waals surface area contributed by atoms with Crippen molar-refractivity contribution in [2.45, 2.75) is 79.2 Å². The van der Waals surface area contributed by atoms with E-state index < -0.39 is 11.0 Å². The van der Waals surface area contributed by atoms with Crippen molar-refractivity contribution >= 4 is 11.6 Å². The summed E-state index contributed by atoms with van der Waals surface area (Å²) in [6, 6.07) is 0. The fraction of sp³-hybridized carbons (Fsp3) is 0.875. The first-order chi connectivity index (χ1) is 8.49. The van der Waals surface area contributed by atoms with Crippen LogP contribution in [0.2, 0.25) is 0 Å². The number of Topliss-reactive ketones (excluding diaryl/α,β-unsaturated/α-hetero) is 2. The Hall–Kier alpha value is -0.700. The minimum Gasteiger partial charge on any atom is -0.382 e. The van der Waals surface area contributed by atoms with Crippen LogP contribution in [0, 0.1) is 11.3 Å². The summed E-state index contributed by atoms with van der Waals surface area (Å²) in [6.07, 6.45) is 3.17. The molecule has 0 saturated heterocycles. The van der Waals surface area contributed by atoms with Crippen LogP contribution in [0.5, 0.6) is 0 Å². The zero-order valence-electron chi connectivity index (χ0n) is 13.4. The molecule has 3 nitrogen and oxygen atoms in total. The largest absolute Gasteiger partial charge is 0.382 e. The van der Waals surface area contributed by atoms with E-state index in [1.54, 1.807) is 20.8 Å². The Bertz CT molecular complexity index is 312. The third-order valence-corrected chi connectivity index (χ3v) is 3.27. The number of unbranched alkanes of at least 4 members (excludes halogenated alkanes) is 1. The maximum absolute atomic E-state index is 12.3. The highest BCUT2D eigenvalue weighted by atomic mass is 16.3. The van der Waals surface area contributed by atoms with Crippen LogP contribution in [0.4, 0.5) is 0 Å². The van der Waals surface area contributed by atoms with Crippen LogP contribution < -0.4 is 0 Å². The zero-order chi connectivity index (χ0) is 15.3. The average Bonchev–Trinajstić information content (AvgIpc) is 2.21. The van der Waals surface area contributed by atoms with Crippen molar-refractivity contribution < 1.29 is 14.7 Å². The van der Waals surface area contributed by atoms with E-state index in [-0.39, 0.29) is 18.0 Å². The highest BCUT2D eigenvalue weighted by molar-refractivity contribution is 5.95. The van der Waals surface area contributed by atoms with E-state index in [2.05, 4.69) is 13.8 Å². The SMILES string of the molecule is CC(=O)CC(O)(CCCCC(C)C)C(=O)C(C)(C)C. The summed E-state index contributed by atoms with van der Waals surface area (Å²) in [7, 11) is 0. The fourth-order valence-electron chi connectivity index (χ4n) is 2.36. The van der Waals surface area contributed by atoms with Crippen LogP contribution in [-0.4, -0.2) is 22.3 Å². The highest BCUT2D eigenvalue weighted by Gasteiger charge is 2.42. The third-order valence-electron chi connectivity index (χ3n) is 3.27. The molecule has 0 aliphatic carbocycles. The molecule has 0 saturated carbocycles. The van der Waals surface area contributed by atoms with Gasteiger partial charge in [0.05, 0.1) is 0 Å². The lowest BCUT2D eigenvalue weighted by Crippen LogP contribution is -2.46. The van der Waals surface area contributed by atoms with Gasteiger partial charge in [0.25, 0.3) is 0 Å². The quantitative estimate of drug-likeness (QED) is 0.686. The van der Waals surface area contributed by atoms with Gasteiger partial charge in [-0.3, -0.25) is 9.59 Å². The van der Waals surface area contributed by atoms with Crippen molar-refractivity contribution in [1.82, 2.24) is 0 Å². The molecule has 112 valence electrons. The molecule has 0 rings (SSSR count). The molecule has 0 radical (unpaired) electrons. The second-order valence-electron chi connectivity index (χ2n) is 7.13. The first-order valence-electron chi connectivity index (χ1n) is 7.26. The number of aliphatic hydroxyl groups is 1. The Balaban J connectivity index is 4.70. The average molecular weight is 270 g/mol. The lowest BCUT2D eigenvalue weighted by atomic mass is 9.75. The van der Waals surface area contributed by atoms with Gasteiger partial charge in [0.2, 0.25) is 0 Å². The molecule has 0 bridgehead atoms. The zero-order valence-corrected chi connectivity index (χ0v) is 13.4. The molecular weight excluding hydrogens is 240 g/mol. The van der Waals surface area contributed by atoms with Gasteiger partial charge in [-0.1, -0.05) is 53.9 Å². The van der Waals surface area contributed by atoms with Gasteiger partial charge in [-0.2, -0.15) is 0 Å². The standard InChI is InChI=1S/C16H30O3/c1-12(2)9-7-8-10-16(19,11-13(3)17)14(18)15(4,5)6/h12,19H,7-11H2,1-6H3. The molecular formula is C16H30O3. The van der Waals surface area contributed by atoms with E-state index in [0.29, 0.717) is 12.3 Å². The van der Waals surface area contributed by atoms with E-state index in [1.807, 2.05) is 0 Å². The van der Waals surface area contributed by atoms with E-state index in [4.69, 9.17) is 0 Å². The van der Waals surface area contributed by atoms with Gasteiger partial charge in [-0.15, -0.1) is 0 Å². The van der Waals surface area contributed by atoms with Crippen LogP contribution in [0.3, 0.4) is 0 Å². The van der Waals surface area contributed by atoms with Gasteiger partial charge >= 0.3 is 0 Å². The van der Waals surface area contributed by atoms with Crippen molar-refractivity contribution in [3.05, 3.63) is 0 Å². The molecule has 0 aliphatic rings. The van der Waals surface area contributed by atoms with E-state index in [0.717, 1.165) is 19.3 Å². The summed E-state index contributed by atoms with van der Waals surface area (Å²) >= 11 is 0. The summed E-state index contributed by atoms with van der Waals surface area (Å²) in [6.45, 7) is 11.1. The maximum atomic E-state index is 12.3. The Morgan fingerprint density at radius 1 is 1.11 bits per heavy atom. The summed E-state index contributed by atoms with van der Waals surface area (Å²) in [4.78, 5) is 23.7. The van der Waals surface area contributed by atoms with Crippen molar-refractivity contribution in [2.24, 2.45) is 11.3 Å². The van der Waals surface area contributed by atoms with Gasteiger partial charge in [0.1, 0.15) is 11.4 Å². The van der Waals surface area contributed by atoms with Crippen LogP contribution >= 0.6 is 0 Å². The van der Waals surface area contributed by atoms with Gasteiger partial charge in [0, 0.05) is 11.8 Å². The number of carbonyl (C=O) groups is 2. The van der Waals surface area contributed by atoms with Crippen LogP contribution in [-0.2, 0) is 9.59 Å². The maximum Gasteiger partial charge on any atom is 0.170 e. The monoisotopic (exact) mass is 270 g/mol. The van der Waals surface area contributed by atoms with Gasteiger partial charge in [-0.25, -0.2) is 0 Å². The molecule has 1 atom stereocenters. The van der Waals surface area contributed by atoms with E-state index >= 15 is 0 Å². The molecule has 0 fully saturated rings. The summed E-state index contributed by atoms with van der Waals surface area (Å²) in [5.41, 5.74) is -2.11. The van der Waals surface area contributed by atoms with E-state index in [9.17, 15) is 14.7 Å². The Labute approximate surface area is 117 Å². The molecule has 1 unspecified atom stereocenters. The van der Waals surface area contributed by atoms with Gasteiger partial charge in [-0.05, 0) is 19.3 Å². The van der Waals surface area contributed by atoms with E-state index in [1.165, 1.54) is 6.92 Å². The molecule has 3 heteroatoms. The fourth-order valence-corrected chi connectivity index (χ4v) is 2.36. The number of rotatable bonds is 8. The topological polar surface area (TPSA) is 54.4 Å². The Morgan fingerprint density at radius 3 is 2.00 bits per heavy atom. The number of carbonyl (C=O) groups excluding carboxylic acids is 2. The van der Waals surface area contributed by atoms with Crippen LogP contribution in [0.25, 0.3) is 0 Å². The molecule has 19 heavy (non-hydrogen) atoms. The third kappa shape index (κ3) is 6.86. The molecule has 0 aromatic heterocycles. The number of hydrogen-bond donors (Lipinski definition) is 1. The Morgan fingerprint density at radius 2 is 1.63 bits per heavy atom. The molecule has 0 aliphatic heterocycles. The summed E-state index contributed by atoms with van der Waals surface area (Å²) < 4.78 is 0. The van der Waals surface area contributed by atoms with Crippen molar-refractivity contribution in [2.75, 3.05) is 0 Å². The molecule has 0 aromatic rings. The smallest absolute Gasteiger partial charge is 0.170 e. The second-order valence-corrected chi connectivity index (χ2v) is 7.13. The predicted molar refractivity (Wildman–Crippen MR) is 78.0 cm³/mol. The van der Waals surface area contributed by atoms with Gasteiger partial charge in [0.15, 0.2) is 5.78 Å². The van der Waals surface area contributed by atoms with Crippen molar-refractivity contribution in [3.8, 4) is 0 Å². The second kappa shape index (κ2) is 7.18. The summed E-state index contributed by atoms with van der Waals surface area (Å²) in [5.74, 6) is 0.267.